The Morgan fingerprint density at radius 3 is 2.43 bits per heavy atom. The van der Waals surface area contributed by atoms with Crippen LogP contribution < -0.4 is 14.8 Å². The Morgan fingerprint density at radius 2 is 1.80 bits per heavy atom. The first-order chi connectivity index (χ1) is 14.5. The fourth-order valence-electron chi connectivity index (χ4n) is 3.08. The molecule has 0 bridgehead atoms. The zero-order valence-electron chi connectivity index (χ0n) is 18.6. The van der Waals surface area contributed by atoms with E-state index in [1.165, 1.54) is 0 Å². The molecule has 0 radical (unpaired) electrons. The summed E-state index contributed by atoms with van der Waals surface area (Å²) in [5.74, 6) is 3.33. The van der Waals surface area contributed by atoms with Crippen molar-refractivity contribution in [2.45, 2.75) is 26.1 Å². The van der Waals surface area contributed by atoms with Crippen LogP contribution in [-0.2, 0) is 23.1 Å². The molecule has 7 heteroatoms. The van der Waals surface area contributed by atoms with Crippen LogP contribution in [0.1, 0.15) is 23.6 Å². The molecule has 0 saturated heterocycles. The third kappa shape index (κ3) is 7.06. The van der Waals surface area contributed by atoms with Gasteiger partial charge in [0.25, 0.3) is 0 Å². The fourth-order valence-corrected chi connectivity index (χ4v) is 4.08. The molecule has 2 rings (SSSR count). The molecule has 0 saturated carbocycles. The van der Waals surface area contributed by atoms with Crippen molar-refractivity contribution in [2.75, 3.05) is 40.1 Å². The van der Waals surface area contributed by atoms with E-state index in [4.69, 9.17) is 9.47 Å². The standard InChI is InChI=1S/C23H33N3O3S/c1-6-24-23(25-12-13-30(27)17-19-10-8-7-9-11-19)26(3)16-20-15-22(29-5)21(28-4)14-18(20)2/h7-11,14-15H,6,12-13,16-17H2,1-5H3,(H,24,25). The lowest BCUT2D eigenvalue weighted by Gasteiger charge is -2.23. The van der Waals surface area contributed by atoms with E-state index >= 15 is 0 Å². The van der Waals surface area contributed by atoms with Crippen molar-refractivity contribution in [3.63, 3.8) is 0 Å². The predicted octanol–water partition coefficient (Wildman–Crippen LogP) is 3.36. The molecular formula is C23H33N3O3S. The molecule has 2 aromatic carbocycles. The number of guanidine groups is 1. The smallest absolute Gasteiger partial charge is 0.193 e. The number of ether oxygens (including phenoxy) is 2. The Kier molecular flexibility index (Phi) is 9.67. The monoisotopic (exact) mass is 431 g/mol. The maximum absolute atomic E-state index is 12.4. The molecule has 0 aliphatic carbocycles. The average Bonchev–Trinajstić information content (AvgIpc) is 2.74. The van der Waals surface area contributed by atoms with Crippen LogP contribution in [0.4, 0.5) is 0 Å². The molecule has 0 spiro atoms. The number of hydrogen-bond donors (Lipinski definition) is 1. The lowest BCUT2D eigenvalue weighted by atomic mass is 10.1. The van der Waals surface area contributed by atoms with Gasteiger partial charge in [-0.1, -0.05) is 30.3 Å². The molecule has 1 unspecified atom stereocenters. The second kappa shape index (κ2) is 12.2. The first-order valence-corrected chi connectivity index (χ1v) is 11.6. The highest BCUT2D eigenvalue weighted by molar-refractivity contribution is 7.84. The van der Waals surface area contributed by atoms with Crippen LogP contribution in [-0.4, -0.2) is 55.2 Å². The Balaban J connectivity index is 2.01. The molecule has 0 fully saturated rings. The Hall–Kier alpha value is -2.54. The van der Waals surface area contributed by atoms with Gasteiger partial charge in [-0.05, 0) is 42.7 Å². The highest BCUT2D eigenvalue weighted by Gasteiger charge is 2.13. The van der Waals surface area contributed by atoms with Crippen molar-refractivity contribution in [2.24, 2.45) is 4.99 Å². The van der Waals surface area contributed by atoms with Crippen LogP contribution in [0, 0.1) is 6.92 Å². The van der Waals surface area contributed by atoms with Crippen molar-refractivity contribution >= 4 is 16.8 Å². The van der Waals surface area contributed by atoms with E-state index < -0.39 is 10.8 Å². The van der Waals surface area contributed by atoms with Gasteiger partial charge in [0, 0.05) is 42.4 Å². The lowest BCUT2D eigenvalue weighted by Crippen LogP contribution is -2.38. The van der Waals surface area contributed by atoms with E-state index in [0.29, 0.717) is 30.3 Å². The van der Waals surface area contributed by atoms with Gasteiger partial charge in [-0.3, -0.25) is 9.20 Å². The van der Waals surface area contributed by atoms with E-state index in [9.17, 15) is 4.21 Å². The van der Waals surface area contributed by atoms with E-state index in [2.05, 4.69) is 22.1 Å². The quantitative estimate of drug-likeness (QED) is 0.462. The number of aryl methyl sites for hydroxylation is 1. The first-order valence-electron chi connectivity index (χ1n) is 10.1. The van der Waals surface area contributed by atoms with Gasteiger partial charge < -0.3 is 19.7 Å². The van der Waals surface area contributed by atoms with Crippen molar-refractivity contribution in [3.8, 4) is 11.5 Å². The van der Waals surface area contributed by atoms with E-state index in [1.807, 2.05) is 56.4 Å². The van der Waals surface area contributed by atoms with Gasteiger partial charge in [0.05, 0.1) is 20.8 Å². The summed E-state index contributed by atoms with van der Waals surface area (Å²) in [5, 5.41) is 3.32. The maximum atomic E-state index is 12.4. The second-order valence-corrected chi connectivity index (χ2v) is 8.58. The zero-order chi connectivity index (χ0) is 21.9. The molecule has 0 aliphatic rings. The minimum atomic E-state index is -0.938. The summed E-state index contributed by atoms with van der Waals surface area (Å²) in [4.78, 5) is 6.75. The second-order valence-electron chi connectivity index (χ2n) is 7.00. The van der Waals surface area contributed by atoms with Crippen molar-refractivity contribution < 1.29 is 13.7 Å². The summed E-state index contributed by atoms with van der Waals surface area (Å²) in [6.07, 6.45) is 0. The van der Waals surface area contributed by atoms with Crippen LogP contribution in [0.5, 0.6) is 11.5 Å². The number of aliphatic imine (C=N–C) groups is 1. The van der Waals surface area contributed by atoms with Gasteiger partial charge in [-0.2, -0.15) is 0 Å². The SMILES string of the molecule is CCNC(=NCCS(=O)Cc1ccccc1)N(C)Cc1cc(OC)c(OC)cc1C. The third-order valence-electron chi connectivity index (χ3n) is 4.70. The summed E-state index contributed by atoms with van der Waals surface area (Å²) >= 11 is 0. The summed E-state index contributed by atoms with van der Waals surface area (Å²) in [6, 6.07) is 13.9. The van der Waals surface area contributed by atoms with Gasteiger partial charge in [-0.25, -0.2) is 0 Å². The average molecular weight is 432 g/mol. The molecule has 30 heavy (non-hydrogen) atoms. The van der Waals surface area contributed by atoms with Gasteiger partial charge in [0.2, 0.25) is 0 Å². The number of nitrogens with zero attached hydrogens (tertiary/aromatic N) is 2. The minimum Gasteiger partial charge on any atom is -0.493 e. The molecule has 1 N–H and O–H groups in total. The number of hydrogen-bond acceptors (Lipinski definition) is 4. The van der Waals surface area contributed by atoms with Crippen molar-refractivity contribution in [3.05, 3.63) is 59.2 Å². The maximum Gasteiger partial charge on any atom is 0.193 e. The number of methoxy groups -OCH3 is 2. The minimum absolute atomic E-state index is 0.511. The van der Waals surface area contributed by atoms with E-state index in [-0.39, 0.29) is 0 Å². The van der Waals surface area contributed by atoms with Gasteiger partial charge in [0.15, 0.2) is 17.5 Å². The zero-order valence-corrected chi connectivity index (χ0v) is 19.4. The third-order valence-corrected chi connectivity index (χ3v) is 5.99. The molecule has 0 aromatic heterocycles. The van der Waals surface area contributed by atoms with Crippen molar-refractivity contribution in [1.29, 1.82) is 0 Å². The van der Waals surface area contributed by atoms with Gasteiger partial charge >= 0.3 is 0 Å². The largest absolute Gasteiger partial charge is 0.493 e. The molecular weight excluding hydrogens is 398 g/mol. The fraction of sp³-hybridized carbons (Fsp3) is 0.435. The van der Waals surface area contributed by atoms with Crippen LogP contribution in [0.2, 0.25) is 0 Å². The van der Waals surface area contributed by atoms with Crippen LogP contribution in [0.15, 0.2) is 47.5 Å². The number of nitrogens with one attached hydrogen (secondary N) is 1. The van der Waals surface area contributed by atoms with E-state index in [0.717, 1.165) is 34.9 Å². The lowest BCUT2D eigenvalue weighted by molar-refractivity contribution is 0.353. The van der Waals surface area contributed by atoms with Crippen molar-refractivity contribution in [1.82, 2.24) is 10.2 Å². The Morgan fingerprint density at radius 1 is 1.13 bits per heavy atom. The number of benzene rings is 2. The Labute approximate surface area is 182 Å². The molecule has 6 nitrogen and oxygen atoms in total. The van der Waals surface area contributed by atoms with E-state index in [1.54, 1.807) is 14.2 Å². The first kappa shape index (κ1) is 23.7. The van der Waals surface area contributed by atoms with Gasteiger partial charge in [-0.15, -0.1) is 0 Å². The molecule has 0 amide bonds. The summed E-state index contributed by atoms with van der Waals surface area (Å²) in [5.41, 5.74) is 3.35. The highest BCUT2D eigenvalue weighted by atomic mass is 32.2. The van der Waals surface area contributed by atoms with Crippen LogP contribution in [0.3, 0.4) is 0 Å². The molecule has 164 valence electrons. The van der Waals surface area contributed by atoms with Gasteiger partial charge in [0.1, 0.15) is 0 Å². The Bertz CT molecular complexity index is 856. The molecule has 0 heterocycles. The highest BCUT2D eigenvalue weighted by Crippen LogP contribution is 2.30. The molecule has 0 aliphatic heterocycles. The normalized spacial score (nSPS) is 12.4. The molecule has 2 aromatic rings. The summed E-state index contributed by atoms with van der Waals surface area (Å²) in [7, 11) is 4.34. The summed E-state index contributed by atoms with van der Waals surface area (Å²) < 4.78 is 23.2. The number of rotatable bonds is 10. The van der Waals surface area contributed by atoms with Crippen LogP contribution in [0.25, 0.3) is 0 Å². The molecule has 1 atom stereocenters. The topological polar surface area (TPSA) is 63.2 Å². The summed E-state index contributed by atoms with van der Waals surface area (Å²) in [6.45, 7) is 6.05. The van der Waals surface area contributed by atoms with Crippen LogP contribution >= 0.6 is 0 Å². The predicted molar refractivity (Wildman–Crippen MR) is 125 cm³/mol.